The molecule has 0 spiro atoms. The van der Waals surface area contributed by atoms with Gasteiger partial charge in [-0.05, 0) is 55.1 Å². The molecule has 1 aromatic carbocycles. The molecule has 1 aliphatic rings. The van der Waals surface area contributed by atoms with Crippen LogP contribution in [0.5, 0.6) is 0 Å². The topological polar surface area (TPSA) is 75.0 Å². The number of aromatic nitrogens is 1. The summed E-state index contributed by atoms with van der Waals surface area (Å²) in [6.07, 6.45) is 5.54. The van der Waals surface area contributed by atoms with E-state index in [9.17, 15) is 10.1 Å². The fourth-order valence-corrected chi connectivity index (χ4v) is 6.65. The molecule has 0 bridgehead atoms. The lowest BCUT2D eigenvalue weighted by Crippen LogP contribution is -2.26. The molecule has 3 aromatic rings. The number of hydrogen-bond acceptors (Lipinski definition) is 7. The van der Waals surface area contributed by atoms with Gasteiger partial charge in [0.05, 0.1) is 17.9 Å². The highest BCUT2D eigenvalue weighted by atomic mass is 32.1. The number of benzene rings is 1. The average Bonchev–Trinajstić information content (AvgIpc) is 3.49. The maximum absolute atomic E-state index is 12.9. The Morgan fingerprint density at radius 3 is 2.67 bits per heavy atom. The van der Waals surface area contributed by atoms with Gasteiger partial charge in [-0.3, -0.25) is 0 Å². The summed E-state index contributed by atoms with van der Waals surface area (Å²) < 4.78 is 5.41. The van der Waals surface area contributed by atoms with Crippen molar-refractivity contribution in [1.29, 1.82) is 5.26 Å². The molecular formula is C29H33N3O2S2. The minimum absolute atomic E-state index is 0.215. The molecule has 188 valence electrons. The quantitative estimate of drug-likeness (QED) is 0.255. The van der Waals surface area contributed by atoms with Gasteiger partial charge in [0.15, 0.2) is 0 Å². The van der Waals surface area contributed by atoms with Crippen LogP contribution in [0, 0.1) is 22.7 Å². The van der Waals surface area contributed by atoms with Crippen LogP contribution in [0.2, 0.25) is 0 Å². The van der Waals surface area contributed by atoms with Crippen molar-refractivity contribution in [3.63, 3.8) is 0 Å². The summed E-state index contributed by atoms with van der Waals surface area (Å²) in [5.74, 6) is 0.266. The number of esters is 1. The first-order valence-corrected chi connectivity index (χ1v) is 14.2. The summed E-state index contributed by atoms with van der Waals surface area (Å²) in [5, 5.41) is 16.5. The van der Waals surface area contributed by atoms with E-state index in [-0.39, 0.29) is 11.4 Å². The highest BCUT2D eigenvalue weighted by molar-refractivity contribution is 7.16. The van der Waals surface area contributed by atoms with Crippen molar-refractivity contribution < 1.29 is 9.53 Å². The number of ether oxygens (including phenoxy) is 1. The van der Waals surface area contributed by atoms with E-state index in [4.69, 9.17) is 9.72 Å². The third kappa shape index (κ3) is 5.55. The minimum Gasteiger partial charge on any atom is -0.462 e. The van der Waals surface area contributed by atoms with Crippen LogP contribution in [-0.2, 0) is 24.0 Å². The van der Waals surface area contributed by atoms with Crippen LogP contribution < -0.4 is 5.32 Å². The van der Waals surface area contributed by atoms with Crippen molar-refractivity contribution in [2.45, 2.75) is 60.3 Å². The van der Waals surface area contributed by atoms with Crippen LogP contribution in [0.3, 0.4) is 0 Å². The lowest BCUT2D eigenvalue weighted by atomic mass is 9.72. The molecule has 7 heteroatoms. The van der Waals surface area contributed by atoms with E-state index in [1.807, 2.05) is 12.3 Å². The van der Waals surface area contributed by atoms with Crippen LogP contribution in [-0.4, -0.2) is 17.6 Å². The maximum Gasteiger partial charge on any atom is 0.341 e. The SMILES string of the molecule is CCOC(=O)c1c(N/C=C(/C#N)c2nc(-c3ccc(CC)cc3)cs2)sc2c1CC[C@@H](C(C)(C)C)C2. The number of fused-ring (bicyclic) bond motifs is 1. The number of nitrogens with one attached hydrogen (secondary N) is 1. The zero-order valence-corrected chi connectivity index (χ0v) is 23.2. The van der Waals surface area contributed by atoms with Crippen molar-refractivity contribution in [2.75, 3.05) is 11.9 Å². The van der Waals surface area contributed by atoms with Crippen molar-refractivity contribution in [1.82, 2.24) is 4.98 Å². The number of thiazole rings is 1. The maximum atomic E-state index is 12.9. The van der Waals surface area contributed by atoms with E-state index < -0.39 is 0 Å². The molecule has 0 fully saturated rings. The standard InChI is InChI=1S/C29H33N3O2S2/c1-6-18-8-10-19(11-9-18)23-17-35-26(32-23)20(15-30)16-31-27-25(28(33)34-7-2)22-13-12-21(29(3,4)5)14-24(22)36-27/h8-11,16-17,21,31H,6-7,12-14H2,1-5H3/b20-16-/t21-/m1/s1. The molecule has 0 saturated carbocycles. The molecule has 1 atom stereocenters. The third-order valence-corrected chi connectivity index (χ3v) is 8.89. The summed E-state index contributed by atoms with van der Waals surface area (Å²) in [4.78, 5) is 18.9. The lowest BCUT2D eigenvalue weighted by Gasteiger charge is -2.33. The predicted octanol–water partition coefficient (Wildman–Crippen LogP) is 7.74. The van der Waals surface area contributed by atoms with Gasteiger partial charge in [-0.2, -0.15) is 5.26 Å². The second kappa shape index (κ2) is 11.0. The molecule has 0 amide bonds. The molecule has 0 radical (unpaired) electrons. The monoisotopic (exact) mass is 519 g/mol. The van der Waals surface area contributed by atoms with Crippen LogP contribution >= 0.6 is 22.7 Å². The molecule has 2 heterocycles. The second-order valence-electron chi connectivity index (χ2n) is 10.1. The van der Waals surface area contributed by atoms with Gasteiger partial charge in [-0.15, -0.1) is 22.7 Å². The van der Waals surface area contributed by atoms with Crippen molar-refractivity contribution in [3.8, 4) is 17.3 Å². The number of carbonyl (C=O) groups is 1. The van der Waals surface area contributed by atoms with E-state index in [0.29, 0.717) is 28.7 Å². The first kappa shape index (κ1) is 26.1. The summed E-state index contributed by atoms with van der Waals surface area (Å²) in [6, 6.07) is 10.6. The van der Waals surface area contributed by atoms with Gasteiger partial charge in [0.25, 0.3) is 0 Å². The molecule has 1 aliphatic carbocycles. The highest BCUT2D eigenvalue weighted by Crippen LogP contribution is 2.44. The van der Waals surface area contributed by atoms with Crippen molar-refractivity contribution in [3.05, 3.63) is 62.4 Å². The molecular weight excluding hydrogens is 486 g/mol. The van der Waals surface area contributed by atoms with Crippen molar-refractivity contribution in [2.24, 2.45) is 11.3 Å². The fraction of sp³-hybridized carbons (Fsp3) is 0.414. The van der Waals surface area contributed by atoms with E-state index >= 15 is 0 Å². The Labute approximate surface area is 221 Å². The van der Waals surface area contributed by atoms with E-state index in [1.165, 1.54) is 21.8 Å². The summed E-state index contributed by atoms with van der Waals surface area (Å²) in [7, 11) is 0. The van der Waals surface area contributed by atoms with Gasteiger partial charge in [-0.25, -0.2) is 9.78 Å². The van der Waals surface area contributed by atoms with Crippen LogP contribution in [0.4, 0.5) is 5.00 Å². The Morgan fingerprint density at radius 2 is 2.03 bits per heavy atom. The Hall–Kier alpha value is -2.95. The number of aryl methyl sites for hydroxylation is 1. The molecule has 2 aromatic heterocycles. The summed E-state index contributed by atoms with van der Waals surface area (Å²) in [5.41, 5.74) is 5.53. The molecule has 0 saturated heterocycles. The number of rotatable bonds is 7. The molecule has 5 nitrogen and oxygen atoms in total. The Balaban J connectivity index is 1.62. The molecule has 1 N–H and O–H groups in total. The van der Waals surface area contributed by atoms with E-state index in [0.717, 1.165) is 47.5 Å². The molecule has 4 rings (SSSR count). The Bertz CT molecular complexity index is 1300. The number of allylic oxidation sites excluding steroid dienone is 1. The summed E-state index contributed by atoms with van der Waals surface area (Å²) in [6.45, 7) is 11.1. The number of nitrogens with zero attached hydrogens (tertiary/aromatic N) is 2. The normalized spacial score (nSPS) is 15.8. The summed E-state index contributed by atoms with van der Waals surface area (Å²) >= 11 is 3.05. The third-order valence-electron chi connectivity index (χ3n) is 6.83. The van der Waals surface area contributed by atoms with Crippen LogP contribution in [0.1, 0.15) is 72.4 Å². The average molecular weight is 520 g/mol. The second-order valence-corrected chi connectivity index (χ2v) is 12.1. The first-order chi connectivity index (χ1) is 17.2. The van der Waals surface area contributed by atoms with Gasteiger partial charge >= 0.3 is 5.97 Å². The Morgan fingerprint density at radius 1 is 1.28 bits per heavy atom. The van der Waals surface area contributed by atoms with Crippen molar-refractivity contribution >= 4 is 39.2 Å². The predicted molar refractivity (Wildman–Crippen MR) is 149 cm³/mol. The number of thiophene rings is 1. The van der Waals surface area contributed by atoms with E-state index in [2.05, 4.69) is 63.3 Å². The van der Waals surface area contributed by atoms with Gasteiger partial charge < -0.3 is 10.1 Å². The van der Waals surface area contributed by atoms with Gasteiger partial charge in [0, 0.05) is 22.0 Å². The van der Waals surface area contributed by atoms with Crippen LogP contribution in [0.15, 0.2) is 35.8 Å². The number of nitriles is 1. The molecule has 0 aliphatic heterocycles. The lowest BCUT2D eigenvalue weighted by molar-refractivity contribution is 0.0526. The first-order valence-electron chi connectivity index (χ1n) is 12.5. The molecule has 36 heavy (non-hydrogen) atoms. The fourth-order valence-electron chi connectivity index (χ4n) is 4.57. The number of anilines is 1. The molecule has 0 unspecified atom stereocenters. The zero-order valence-electron chi connectivity index (χ0n) is 21.6. The zero-order chi connectivity index (χ0) is 25.9. The van der Waals surface area contributed by atoms with Gasteiger partial charge in [0.1, 0.15) is 21.7 Å². The van der Waals surface area contributed by atoms with Gasteiger partial charge in [-0.1, -0.05) is 52.0 Å². The minimum atomic E-state index is -0.300. The van der Waals surface area contributed by atoms with Gasteiger partial charge in [0.2, 0.25) is 0 Å². The Kier molecular flexibility index (Phi) is 7.97. The van der Waals surface area contributed by atoms with Crippen LogP contribution in [0.25, 0.3) is 16.8 Å². The highest BCUT2D eigenvalue weighted by Gasteiger charge is 2.34. The number of carbonyl (C=O) groups excluding carboxylic acids is 1. The smallest absolute Gasteiger partial charge is 0.341 e. The van der Waals surface area contributed by atoms with E-state index in [1.54, 1.807) is 17.5 Å². The largest absolute Gasteiger partial charge is 0.462 e. The number of hydrogen-bond donors (Lipinski definition) is 1.